The smallest absolute Gasteiger partial charge is 0.269 e. The van der Waals surface area contributed by atoms with Crippen molar-refractivity contribution in [1.82, 2.24) is 14.8 Å². The Balaban J connectivity index is 1.68. The lowest BCUT2D eigenvalue weighted by Gasteiger charge is -2.26. The van der Waals surface area contributed by atoms with Gasteiger partial charge in [-0.1, -0.05) is 23.2 Å². The highest BCUT2D eigenvalue weighted by molar-refractivity contribution is 6.35. The van der Waals surface area contributed by atoms with Gasteiger partial charge in [0.2, 0.25) is 0 Å². The van der Waals surface area contributed by atoms with E-state index in [1.54, 1.807) is 35.0 Å². The molecule has 1 N–H and O–H groups in total. The molecule has 142 valence electrons. The van der Waals surface area contributed by atoms with Crippen LogP contribution >= 0.6 is 23.2 Å². The Hall–Kier alpha value is -2.04. The third-order valence-electron chi connectivity index (χ3n) is 4.43. The highest BCUT2D eigenvalue weighted by Gasteiger charge is 2.19. The quantitative estimate of drug-likeness (QED) is 0.748. The van der Waals surface area contributed by atoms with Gasteiger partial charge in [-0.2, -0.15) is 5.26 Å². The van der Waals surface area contributed by atoms with Crippen LogP contribution in [-0.2, 0) is 4.74 Å². The summed E-state index contributed by atoms with van der Waals surface area (Å²) in [7, 11) is 0. The van der Waals surface area contributed by atoms with Crippen LogP contribution in [0.5, 0.6) is 0 Å². The standard InChI is InChI=1S/C19H20Cl2N4O2/c20-15-2-3-17(16(21)12-15)25-7-4-14(13-22)18(25)19(26)23-5-1-6-24-8-10-27-11-9-24/h2-4,7,12H,1,5-6,8-11H2,(H,23,26). The van der Waals surface area contributed by atoms with Crippen LogP contribution < -0.4 is 5.32 Å². The van der Waals surface area contributed by atoms with E-state index in [2.05, 4.69) is 16.3 Å². The van der Waals surface area contributed by atoms with Gasteiger partial charge in [-0.15, -0.1) is 0 Å². The molecule has 0 spiro atoms. The Morgan fingerprint density at radius 3 is 2.74 bits per heavy atom. The molecule has 2 heterocycles. The average molecular weight is 407 g/mol. The minimum absolute atomic E-state index is 0.271. The number of rotatable bonds is 6. The molecule has 1 aliphatic rings. The molecule has 0 atom stereocenters. The fourth-order valence-electron chi connectivity index (χ4n) is 3.04. The average Bonchev–Trinajstić information content (AvgIpc) is 3.10. The zero-order chi connectivity index (χ0) is 19.2. The summed E-state index contributed by atoms with van der Waals surface area (Å²) in [5.41, 5.74) is 1.17. The fraction of sp³-hybridized carbons (Fsp3) is 0.368. The number of aromatic nitrogens is 1. The Bertz CT molecular complexity index is 854. The second kappa shape index (κ2) is 9.25. The lowest BCUT2D eigenvalue weighted by molar-refractivity contribution is 0.0374. The van der Waals surface area contributed by atoms with Crippen molar-refractivity contribution < 1.29 is 9.53 Å². The highest BCUT2D eigenvalue weighted by atomic mass is 35.5. The first-order valence-corrected chi connectivity index (χ1v) is 9.51. The van der Waals surface area contributed by atoms with Crippen molar-refractivity contribution in [2.75, 3.05) is 39.4 Å². The number of benzene rings is 1. The third-order valence-corrected chi connectivity index (χ3v) is 4.97. The summed E-state index contributed by atoms with van der Waals surface area (Å²) in [5.74, 6) is -0.301. The van der Waals surface area contributed by atoms with E-state index in [1.165, 1.54) is 0 Å². The van der Waals surface area contributed by atoms with Crippen LogP contribution in [0, 0.1) is 11.3 Å². The molecular weight excluding hydrogens is 387 g/mol. The Kier molecular flexibility index (Phi) is 6.75. The van der Waals surface area contributed by atoms with E-state index in [0.29, 0.717) is 27.8 Å². The summed E-state index contributed by atoms with van der Waals surface area (Å²) in [6, 6.07) is 8.69. The van der Waals surface area contributed by atoms with E-state index in [4.69, 9.17) is 27.9 Å². The number of morpholine rings is 1. The zero-order valence-electron chi connectivity index (χ0n) is 14.8. The number of hydrogen-bond acceptors (Lipinski definition) is 4. The number of carbonyl (C=O) groups is 1. The van der Waals surface area contributed by atoms with Crippen LogP contribution in [0.1, 0.15) is 22.5 Å². The molecule has 8 heteroatoms. The molecule has 27 heavy (non-hydrogen) atoms. The maximum atomic E-state index is 12.7. The van der Waals surface area contributed by atoms with Gasteiger partial charge in [0.15, 0.2) is 0 Å². The molecule has 1 fully saturated rings. The van der Waals surface area contributed by atoms with Gasteiger partial charge in [0.05, 0.1) is 29.5 Å². The molecule has 2 aromatic rings. The van der Waals surface area contributed by atoms with E-state index in [0.717, 1.165) is 39.3 Å². The normalized spacial score (nSPS) is 14.7. The minimum atomic E-state index is -0.301. The maximum absolute atomic E-state index is 12.7. The van der Waals surface area contributed by atoms with Crippen LogP contribution in [0.4, 0.5) is 0 Å². The van der Waals surface area contributed by atoms with Gasteiger partial charge in [-0.25, -0.2) is 0 Å². The molecule has 1 aromatic carbocycles. The van der Waals surface area contributed by atoms with Crippen LogP contribution in [0.15, 0.2) is 30.5 Å². The number of carbonyl (C=O) groups excluding carboxylic acids is 1. The number of ether oxygens (including phenoxy) is 1. The van der Waals surface area contributed by atoms with Crippen molar-refractivity contribution >= 4 is 29.1 Å². The van der Waals surface area contributed by atoms with E-state index in [1.807, 2.05) is 0 Å². The Morgan fingerprint density at radius 1 is 1.26 bits per heavy atom. The largest absolute Gasteiger partial charge is 0.379 e. The molecule has 0 radical (unpaired) electrons. The second-order valence-corrected chi connectivity index (χ2v) is 7.06. The van der Waals surface area contributed by atoms with Gasteiger partial charge in [-0.3, -0.25) is 9.69 Å². The second-order valence-electron chi connectivity index (χ2n) is 6.22. The Labute approximate surface area is 168 Å². The number of amides is 1. The van der Waals surface area contributed by atoms with E-state index >= 15 is 0 Å². The van der Waals surface area contributed by atoms with Crippen molar-refractivity contribution in [3.63, 3.8) is 0 Å². The first-order valence-electron chi connectivity index (χ1n) is 8.75. The van der Waals surface area contributed by atoms with Gasteiger partial charge in [0.25, 0.3) is 5.91 Å². The minimum Gasteiger partial charge on any atom is -0.379 e. The summed E-state index contributed by atoms with van der Waals surface area (Å²) in [5, 5.41) is 13.2. The summed E-state index contributed by atoms with van der Waals surface area (Å²) in [6.45, 7) is 4.79. The van der Waals surface area contributed by atoms with Gasteiger partial charge in [-0.05, 0) is 37.2 Å². The van der Waals surface area contributed by atoms with Crippen molar-refractivity contribution in [2.45, 2.75) is 6.42 Å². The number of nitrogens with zero attached hydrogens (tertiary/aromatic N) is 3. The first-order chi connectivity index (χ1) is 13.1. The van der Waals surface area contributed by atoms with Gasteiger partial charge < -0.3 is 14.6 Å². The highest BCUT2D eigenvalue weighted by Crippen LogP contribution is 2.27. The number of hydrogen-bond donors (Lipinski definition) is 1. The number of nitrogens with one attached hydrogen (secondary N) is 1. The maximum Gasteiger partial charge on any atom is 0.269 e. The van der Waals surface area contributed by atoms with Crippen molar-refractivity contribution in [2.24, 2.45) is 0 Å². The van der Waals surface area contributed by atoms with Gasteiger partial charge in [0, 0.05) is 30.9 Å². The molecule has 6 nitrogen and oxygen atoms in total. The van der Waals surface area contributed by atoms with Gasteiger partial charge in [0.1, 0.15) is 11.8 Å². The van der Waals surface area contributed by atoms with Crippen LogP contribution in [-0.4, -0.2) is 54.8 Å². The SMILES string of the molecule is N#Cc1ccn(-c2ccc(Cl)cc2Cl)c1C(=O)NCCCN1CCOCC1. The van der Waals surface area contributed by atoms with Crippen LogP contribution in [0.2, 0.25) is 10.0 Å². The zero-order valence-corrected chi connectivity index (χ0v) is 16.3. The molecule has 1 saturated heterocycles. The lowest BCUT2D eigenvalue weighted by atomic mass is 10.2. The summed E-state index contributed by atoms with van der Waals surface area (Å²) < 4.78 is 6.95. The molecule has 0 saturated carbocycles. The molecular formula is C19H20Cl2N4O2. The fourth-order valence-corrected chi connectivity index (χ4v) is 3.54. The predicted molar refractivity (Wildman–Crippen MR) is 105 cm³/mol. The molecule has 3 rings (SSSR count). The number of nitriles is 1. The monoisotopic (exact) mass is 406 g/mol. The van der Waals surface area contributed by atoms with Crippen LogP contribution in [0.25, 0.3) is 5.69 Å². The molecule has 1 aliphatic heterocycles. The summed E-state index contributed by atoms with van der Waals surface area (Å²) >= 11 is 12.2. The van der Waals surface area contributed by atoms with Crippen LogP contribution in [0.3, 0.4) is 0 Å². The summed E-state index contributed by atoms with van der Waals surface area (Å²) in [4.78, 5) is 15.0. The third kappa shape index (κ3) is 4.82. The van der Waals surface area contributed by atoms with Gasteiger partial charge >= 0.3 is 0 Å². The molecule has 1 amide bonds. The van der Waals surface area contributed by atoms with E-state index < -0.39 is 0 Å². The van der Waals surface area contributed by atoms with E-state index in [9.17, 15) is 10.1 Å². The number of halogens is 2. The topological polar surface area (TPSA) is 70.3 Å². The van der Waals surface area contributed by atoms with E-state index in [-0.39, 0.29) is 11.6 Å². The Morgan fingerprint density at radius 2 is 2.04 bits per heavy atom. The lowest BCUT2D eigenvalue weighted by Crippen LogP contribution is -2.38. The molecule has 0 unspecified atom stereocenters. The van der Waals surface area contributed by atoms with Crippen molar-refractivity contribution in [1.29, 1.82) is 5.26 Å². The molecule has 0 bridgehead atoms. The summed E-state index contributed by atoms with van der Waals surface area (Å²) in [6.07, 6.45) is 2.49. The first kappa shape index (κ1) is 19.7. The van der Waals surface area contributed by atoms with Crippen molar-refractivity contribution in [3.8, 4) is 11.8 Å². The van der Waals surface area contributed by atoms with Crippen molar-refractivity contribution in [3.05, 3.63) is 51.8 Å². The molecule has 0 aliphatic carbocycles. The predicted octanol–water partition coefficient (Wildman–Crippen LogP) is 3.11. The molecule has 1 aromatic heterocycles.